The Bertz CT molecular complexity index is 512. The number of rotatable bonds is 2. The summed E-state index contributed by atoms with van der Waals surface area (Å²) in [7, 11) is 0. The number of hydrazone groups is 1. The van der Waals surface area contributed by atoms with Crippen LogP contribution in [0.1, 0.15) is 36.0 Å². The molecule has 2 bridgehead atoms. The van der Waals surface area contributed by atoms with E-state index in [2.05, 4.69) is 10.5 Å². The lowest BCUT2D eigenvalue weighted by Crippen LogP contribution is -2.21. The van der Waals surface area contributed by atoms with Crippen molar-refractivity contribution in [2.45, 2.75) is 25.7 Å². The summed E-state index contributed by atoms with van der Waals surface area (Å²) in [5, 5.41) is 4.85. The maximum atomic E-state index is 11.9. The number of benzene rings is 1. The third-order valence-electron chi connectivity index (χ3n) is 3.90. The maximum absolute atomic E-state index is 11.9. The van der Waals surface area contributed by atoms with E-state index in [9.17, 15) is 4.79 Å². The molecule has 2 fully saturated rings. The predicted molar refractivity (Wildman–Crippen MR) is 71.8 cm³/mol. The summed E-state index contributed by atoms with van der Waals surface area (Å²) in [6.07, 6.45) is 4.87. The fourth-order valence-corrected chi connectivity index (χ4v) is 3.17. The van der Waals surface area contributed by atoms with Crippen LogP contribution in [-0.2, 0) is 0 Å². The molecule has 1 N–H and O–H groups in total. The molecule has 2 aliphatic rings. The molecule has 0 unspecified atom stereocenters. The van der Waals surface area contributed by atoms with E-state index in [0.717, 1.165) is 12.3 Å². The van der Waals surface area contributed by atoms with Crippen molar-refractivity contribution in [3.05, 3.63) is 34.9 Å². The monoisotopic (exact) mass is 262 g/mol. The first-order valence-corrected chi connectivity index (χ1v) is 6.72. The topological polar surface area (TPSA) is 41.5 Å². The highest BCUT2D eigenvalue weighted by atomic mass is 35.5. The zero-order valence-electron chi connectivity index (χ0n) is 10.0. The van der Waals surface area contributed by atoms with Gasteiger partial charge < -0.3 is 0 Å². The zero-order valence-corrected chi connectivity index (χ0v) is 10.8. The van der Waals surface area contributed by atoms with Crippen LogP contribution in [0.5, 0.6) is 0 Å². The molecule has 2 aliphatic carbocycles. The van der Waals surface area contributed by atoms with E-state index < -0.39 is 0 Å². The van der Waals surface area contributed by atoms with E-state index in [1.807, 2.05) is 0 Å². The van der Waals surface area contributed by atoms with Crippen molar-refractivity contribution in [3.8, 4) is 0 Å². The number of halogens is 1. The lowest BCUT2D eigenvalue weighted by atomic mass is 9.99. The van der Waals surface area contributed by atoms with Crippen molar-refractivity contribution in [2.24, 2.45) is 16.9 Å². The second-order valence-corrected chi connectivity index (χ2v) is 5.57. The SMILES string of the molecule is O=C(N/N=C1/C[C@@H]2CC[C@H]1C2)c1cccc(Cl)c1. The molecule has 94 valence electrons. The Kier molecular flexibility index (Phi) is 3.08. The molecule has 0 aliphatic heterocycles. The highest BCUT2D eigenvalue weighted by Gasteiger charge is 2.36. The normalized spacial score (nSPS) is 27.7. The van der Waals surface area contributed by atoms with E-state index in [-0.39, 0.29) is 5.91 Å². The first-order valence-electron chi connectivity index (χ1n) is 6.35. The standard InChI is InChI=1S/C14H15ClN2O/c15-12-3-1-2-11(8-12)14(18)17-16-13-7-9-4-5-10(13)6-9/h1-3,8-10H,4-7H2,(H,17,18)/b16-13-/t9-,10+/m1/s1. The van der Waals surface area contributed by atoms with Gasteiger partial charge in [-0.1, -0.05) is 17.7 Å². The summed E-state index contributed by atoms with van der Waals surface area (Å²) in [4.78, 5) is 11.9. The van der Waals surface area contributed by atoms with Crippen molar-refractivity contribution in [3.63, 3.8) is 0 Å². The molecule has 4 heteroatoms. The van der Waals surface area contributed by atoms with Crippen molar-refractivity contribution in [1.29, 1.82) is 0 Å². The minimum Gasteiger partial charge on any atom is -0.267 e. The molecule has 2 atom stereocenters. The van der Waals surface area contributed by atoms with E-state index >= 15 is 0 Å². The summed E-state index contributed by atoms with van der Waals surface area (Å²) < 4.78 is 0. The number of nitrogens with zero attached hydrogens (tertiary/aromatic N) is 1. The quantitative estimate of drug-likeness (QED) is 0.817. The van der Waals surface area contributed by atoms with Crippen molar-refractivity contribution in [1.82, 2.24) is 5.43 Å². The Morgan fingerprint density at radius 1 is 1.39 bits per heavy atom. The Morgan fingerprint density at radius 2 is 2.28 bits per heavy atom. The van der Waals surface area contributed by atoms with Gasteiger partial charge in [0.15, 0.2) is 0 Å². The summed E-state index contributed by atoms with van der Waals surface area (Å²) in [5.74, 6) is 1.22. The molecule has 3 rings (SSSR count). The number of hydrogen-bond acceptors (Lipinski definition) is 2. The van der Waals surface area contributed by atoms with Gasteiger partial charge in [-0.15, -0.1) is 0 Å². The van der Waals surface area contributed by atoms with Crippen LogP contribution in [-0.4, -0.2) is 11.6 Å². The van der Waals surface area contributed by atoms with Crippen LogP contribution < -0.4 is 5.43 Å². The van der Waals surface area contributed by atoms with Gasteiger partial charge in [-0.25, -0.2) is 5.43 Å². The highest BCUT2D eigenvalue weighted by molar-refractivity contribution is 6.30. The summed E-state index contributed by atoms with van der Waals surface area (Å²) in [6, 6.07) is 6.90. The molecule has 0 saturated heterocycles. The lowest BCUT2D eigenvalue weighted by molar-refractivity contribution is 0.0954. The summed E-state index contributed by atoms with van der Waals surface area (Å²) in [5.41, 5.74) is 4.36. The van der Waals surface area contributed by atoms with Crippen molar-refractivity contribution < 1.29 is 4.79 Å². The molecule has 18 heavy (non-hydrogen) atoms. The Labute approximate surface area is 111 Å². The van der Waals surface area contributed by atoms with Crippen LogP contribution in [0.25, 0.3) is 0 Å². The molecule has 0 radical (unpaired) electrons. The zero-order chi connectivity index (χ0) is 12.5. The predicted octanol–water partition coefficient (Wildman–Crippen LogP) is 3.25. The number of fused-ring (bicyclic) bond motifs is 2. The Hall–Kier alpha value is -1.35. The maximum Gasteiger partial charge on any atom is 0.271 e. The molecule has 3 nitrogen and oxygen atoms in total. The van der Waals surface area contributed by atoms with Crippen LogP contribution in [0.15, 0.2) is 29.4 Å². The third-order valence-corrected chi connectivity index (χ3v) is 4.13. The van der Waals surface area contributed by atoms with Crippen LogP contribution >= 0.6 is 11.6 Å². The van der Waals surface area contributed by atoms with E-state index in [4.69, 9.17) is 11.6 Å². The minimum atomic E-state index is -0.187. The van der Waals surface area contributed by atoms with E-state index in [0.29, 0.717) is 16.5 Å². The molecular weight excluding hydrogens is 248 g/mol. The van der Waals surface area contributed by atoms with Crippen LogP contribution in [0.2, 0.25) is 5.02 Å². The second kappa shape index (κ2) is 4.73. The molecule has 2 saturated carbocycles. The number of amides is 1. The van der Waals surface area contributed by atoms with Crippen LogP contribution in [0, 0.1) is 11.8 Å². The van der Waals surface area contributed by atoms with Gasteiger partial charge in [0.2, 0.25) is 0 Å². The molecular formula is C14H15ClN2O. The highest BCUT2D eigenvalue weighted by Crippen LogP contribution is 2.42. The Morgan fingerprint density at radius 3 is 2.94 bits per heavy atom. The van der Waals surface area contributed by atoms with Gasteiger partial charge in [0, 0.05) is 16.3 Å². The minimum absolute atomic E-state index is 0.187. The number of hydrogen-bond donors (Lipinski definition) is 1. The molecule has 1 amide bonds. The van der Waals surface area contributed by atoms with Gasteiger partial charge >= 0.3 is 0 Å². The van der Waals surface area contributed by atoms with Gasteiger partial charge in [0.25, 0.3) is 5.91 Å². The molecule has 0 spiro atoms. The van der Waals surface area contributed by atoms with Crippen molar-refractivity contribution >= 4 is 23.2 Å². The molecule has 1 aromatic rings. The van der Waals surface area contributed by atoms with Crippen LogP contribution in [0.4, 0.5) is 0 Å². The number of carbonyl (C=O) groups excluding carboxylic acids is 1. The molecule has 0 heterocycles. The molecule has 1 aromatic carbocycles. The average molecular weight is 263 g/mol. The smallest absolute Gasteiger partial charge is 0.267 e. The fraction of sp³-hybridized carbons (Fsp3) is 0.429. The van der Waals surface area contributed by atoms with Gasteiger partial charge in [0.1, 0.15) is 0 Å². The Balaban J connectivity index is 1.67. The molecule has 0 aromatic heterocycles. The number of nitrogens with one attached hydrogen (secondary N) is 1. The van der Waals surface area contributed by atoms with E-state index in [1.54, 1.807) is 24.3 Å². The van der Waals surface area contributed by atoms with Crippen LogP contribution in [0.3, 0.4) is 0 Å². The van der Waals surface area contributed by atoms with Gasteiger partial charge in [-0.05, 0) is 55.7 Å². The lowest BCUT2D eigenvalue weighted by Gasteiger charge is -2.11. The summed E-state index contributed by atoms with van der Waals surface area (Å²) >= 11 is 5.85. The second-order valence-electron chi connectivity index (χ2n) is 5.13. The van der Waals surface area contributed by atoms with Crippen molar-refractivity contribution in [2.75, 3.05) is 0 Å². The van der Waals surface area contributed by atoms with Gasteiger partial charge in [-0.2, -0.15) is 5.10 Å². The van der Waals surface area contributed by atoms with Gasteiger partial charge in [0.05, 0.1) is 0 Å². The average Bonchev–Trinajstić information content (AvgIpc) is 2.98. The fourth-order valence-electron chi connectivity index (χ4n) is 2.98. The largest absolute Gasteiger partial charge is 0.271 e. The summed E-state index contributed by atoms with van der Waals surface area (Å²) in [6.45, 7) is 0. The third kappa shape index (κ3) is 2.27. The van der Waals surface area contributed by atoms with Gasteiger partial charge in [-0.3, -0.25) is 4.79 Å². The first-order chi connectivity index (χ1) is 8.72. The first kappa shape index (κ1) is 11.7. The van der Waals surface area contributed by atoms with E-state index in [1.165, 1.54) is 25.0 Å². The number of carbonyl (C=O) groups is 1.